The summed E-state index contributed by atoms with van der Waals surface area (Å²) in [5.41, 5.74) is 10.1. The Labute approximate surface area is 181 Å². The van der Waals surface area contributed by atoms with Crippen LogP contribution in [0.1, 0.15) is 18.2 Å². The highest BCUT2D eigenvalue weighted by atomic mass is 32.2. The number of nitrogens with one attached hydrogen (secondary N) is 1. The summed E-state index contributed by atoms with van der Waals surface area (Å²) in [7, 11) is -1.86. The van der Waals surface area contributed by atoms with Crippen LogP contribution in [0.15, 0.2) is 35.5 Å². The molecule has 2 aromatic heterocycles. The number of anilines is 1. The Morgan fingerprint density at radius 1 is 1.26 bits per heavy atom. The number of rotatable bonds is 6. The first kappa shape index (κ1) is 21.4. The molecule has 4 rings (SSSR count). The van der Waals surface area contributed by atoms with E-state index >= 15 is 0 Å². The topological polar surface area (TPSA) is 125 Å². The van der Waals surface area contributed by atoms with Crippen LogP contribution in [0.5, 0.6) is 0 Å². The van der Waals surface area contributed by atoms with Crippen molar-refractivity contribution in [2.75, 3.05) is 25.5 Å². The Hall–Kier alpha value is -2.82. The second kappa shape index (κ2) is 7.70. The van der Waals surface area contributed by atoms with Crippen molar-refractivity contribution in [3.63, 3.8) is 0 Å². The average molecular weight is 443 g/mol. The lowest BCUT2D eigenvalue weighted by Gasteiger charge is -2.37. The summed E-state index contributed by atoms with van der Waals surface area (Å²) in [5.74, 6) is 0.291. The number of benzene rings is 1. The Bertz CT molecular complexity index is 1250. The summed E-state index contributed by atoms with van der Waals surface area (Å²) >= 11 is 0. The Morgan fingerprint density at radius 2 is 2.00 bits per heavy atom. The molecule has 0 bridgehead atoms. The van der Waals surface area contributed by atoms with Gasteiger partial charge in [-0.05, 0) is 31.5 Å². The van der Waals surface area contributed by atoms with Crippen molar-refractivity contribution in [2.45, 2.75) is 25.7 Å². The molecule has 10 heteroatoms. The van der Waals surface area contributed by atoms with Gasteiger partial charge in [0, 0.05) is 36.3 Å². The van der Waals surface area contributed by atoms with E-state index in [2.05, 4.69) is 14.8 Å². The third-order valence-electron chi connectivity index (χ3n) is 5.45. The molecule has 3 heterocycles. The van der Waals surface area contributed by atoms with Crippen LogP contribution in [0.4, 0.5) is 5.82 Å². The summed E-state index contributed by atoms with van der Waals surface area (Å²) in [5, 5.41) is 4.34. The molecular formula is C21H26N6O3S. The highest BCUT2D eigenvalue weighted by molar-refractivity contribution is 7.89. The number of aromatic nitrogens is 4. The highest BCUT2D eigenvalue weighted by Gasteiger charge is 2.34. The molecule has 1 fully saturated rings. The number of nitrogens with two attached hydrogens (primary N) is 1. The van der Waals surface area contributed by atoms with E-state index in [1.165, 1.54) is 0 Å². The number of hydrogen-bond donors (Lipinski definition) is 2. The maximum Gasteiger partial charge on any atom is 0.240 e. The molecule has 0 aliphatic carbocycles. The molecule has 1 saturated heterocycles. The standard InChI is InChI=1S/C21H26N6O3S/c1-13-5-6-15(31(28,29)24-10-21(3)11-30-12-21)7-16(13)18-8-23-20(22)19(25-18)17-9-27(4)26-14(17)2/h5-9,24H,10-12H2,1-4H3,(H2,22,23). The molecular weight excluding hydrogens is 416 g/mol. The smallest absolute Gasteiger partial charge is 0.240 e. The molecule has 0 saturated carbocycles. The number of ether oxygens (including phenoxy) is 1. The Morgan fingerprint density at radius 3 is 2.61 bits per heavy atom. The van der Waals surface area contributed by atoms with Gasteiger partial charge >= 0.3 is 0 Å². The van der Waals surface area contributed by atoms with Crippen molar-refractivity contribution in [1.82, 2.24) is 24.5 Å². The predicted molar refractivity (Wildman–Crippen MR) is 118 cm³/mol. The zero-order valence-electron chi connectivity index (χ0n) is 18.0. The van der Waals surface area contributed by atoms with Crippen LogP contribution in [0.3, 0.4) is 0 Å². The van der Waals surface area contributed by atoms with Crippen molar-refractivity contribution < 1.29 is 13.2 Å². The number of hydrogen-bond acceptors (Lipinski definition) is 7. The minimum Gasteiger partial charge on any atom is -0.382 e. The molecule has 31 heavy (non-hydrogen) atoms. The minimum absolute atomic E-state index is 0.167. The maximum atomic E-state index is 12.9. The lowest BCUT2D eigenvalue weighted by atomic mass is 9.89. The van der Waals surface area contributed by atoms with Crippen LogP contribution in [-0.4, -0.2) is 47.9 Å². The lowest BCUT2D eigenvalue weighted by molar-refractivity contribution is -0.0965. The molecule has 1 aromatic carbocycles. The van der Waals surface area contributed by atoms with Gasteiger partial charge in [-0.2, -0.15) is 5.10 Å². The van der Waals surface area contributed by atoms with Crippen molar-refractivity contribution >= 4 is 15.8 Å². The molecule has 0 spiro atoms. The van der Waals surface area contributed by atoms with Crippen LogP contribution in [-0.2, 0) is 21.8 Å². The summed E-state index contributed by atoms with van der Waals surface area (Å²) in [6.07, 6.45) is 3.39. The molecule has 0 unspecified atom stereocenters. The van der Waals surface area contributed by atoms with E-state index in [9.17, 15) is 8.42 Å². The quantitative estimate of drug-likeness (QED) is 0.598. The molecule has 1 aliphatic heterocycles. The van der Waals surface area contributed by atoms with E-state index in [0.717, 1.165) is 16.8 Å². The molecule has 9 nitrogen and oxygen atoms in total. The first-order valence-electron chi connectivity index (χ1n) is 9.90. The molecule has 0 atom stereocenters. The lowest BCUT2D eigenvalue weighted by Crippen LogP contribution is -2.48. The number of aryl methyl sites for hydroxylation is 3. The first-order valence-corrected chi connectivity index (χ1v) is 11.4. The van der Waals surface area contributed by atoms with Gasteiger partial charge in [-0.3, -0.25) is 4.68 Å². The van der Waals surface area contributed by atoms with Gasteiger partial charge in [0.1, 0.15) is 11.5 Å². The van der Waals surface area contributed by atoms with Gasteiger partial charge in [0.2, 0.25) is 10.0 Å². The van der Waals surface area contributed by atoms with Gasteiger partial charge < -0.3 is 10.5 Å². The molecule has 0 amide bonds. The van der Waals surface area contributed by atoms with Crippen LogP contribution >= 0.6 is 0 Å². The van der Waals surface area contributed by atoms with E-state index in [4.69, 9.17) is 15.5 Å². The fourth-order valence-corrected chi connectivity index (χ4v) is 4.73. The Balaban J connectivity index is 1.70. The van der Waals surface area contributed by atoms with Gasteiger partial charge in [-0.1, -0.05) is 13.0 Å². The zero-order valence-corrected chi connectivity index (χ0v) is 18.8. The summed E-state index contributed by atoms with van der Waals surface area (Å²) in [6, 6.07) is 4.99. The van der Waals surface area contributed by atoms with Crippen LogP contribution < -0.4 is 10.5 Å². The van der Waals surface area contributed by atoms with Gasteiger partial charge in [0.05, 0.1) is 35.7 Å². The van der Waals surface area contributed by atoms with Crippen molar-refractivity contribution in [1.29, 1.82) is 0 Å². The number of nitrogens with zero attached hydrogens (tertiary/aromatic N) is 4. The van der Waals surface area contributed by atoms with Gasteiger partial charge in [-0.15, -0.1) is 0 Å². The normalized spacial score (nSPS) is 15.6. The van der Waals surface area contributed by atoms with Crippen molar-refractivity contribution in [3.05, 3.63) is 41.9 Å². The van der Waals surface area contributed by atoms with Gasteiger partial charge in [0.25, 0.3) is 0 Å². The monoisotopic (exact) mass is 442 g/mol. The first-order chi connectivity index (χ1) is 14.6. The van der Waals surface area contributed by atoms with Crippen molar-refractivity contribution in [2.24, 2.45) is 12.5 Å². The van der Waals surface area contributed by atoms with Crippen LogP contribution in [0, 0.1) is 19.3 Å². The second-order valence-electron chi connectivity index (χ2n) is 8.40. The molecule has 3 N–H and O–H groups in total. The third kappa shape index (κ3) is 4.18. The minimum atomic E-state index is -3.68. The molecule has 3 aromatic rings. The van der Waals surface area contributed by atoms with E-state index in [-0.39, 0.29) is 10.3 Å². The molecule has 1 aliphatic rings. The van der Waals surface area contributed by atoms with E-state index < -0.39 is 10.0 Å². The predicted octanol–water partition coefficient (Wildman–Crippen LogP) is 2.06. The summed E-state index contributed by atoms with van der Waals surface area (Å²) in [6.45, 7) is 7.19. The average Bonchev–Trinajstić information content (AvgIpc) is 3.03. The van der Waals surface area contributed by atoms with Crippen molar-refractivity contribution in [3.8, 4) is 22.5 Å². The van der Waals surface area contributed by atoms with Crippen LogP contribution in [0.25, 0.3) is 22.5 Å². The highest BCUT2D eigenvalue weighted by Crippen LogP contribution is 2.31. The fraction of sp³-hybridized carbons (Fsp3) is 0.381. The SMILES string of the molecule is Cc1ccc(S(=O)(=O)NCC2(C)COC2)cc1-c1cnc(N)c(-c2cn(C)nc2C)n1. The third-order valence-corrected chi connectivity index (χ3v) is 6.85. The summed E-state index contributed by atoms with van der Waals surface area (Å²) < 4.78 is 35.4. The Kier molecular flexibility index (Phi) is 5.32. The van der Waals surface area contributed by atoms with Gasteiger partial charge in [0.15, 0.2) is 0 Å². The number of sulfonamides is 1. The molecule has 164 valence electrons. The zero-order chi connectivity index (χ0) is 22.4. The summed E-state index contributed by atoms with van der Waals surface area (Å²) in [4.78, 5) is 9.18. The van der Waals surface area contributed by atoms with Gasteiger partial charge in [-0.25, -0.2) is 23.1 Å². The number of nitrogen functional groups attached to an aromatic ring is 1. The van der Waals surface area contributed by atoms with Crippen LogP contribution in [0.2, 0.25) is 0 Å². The van der Waals surface area contributed by atoms with E-state index in [1.54, 1.807) is 29.1 Å². The second-order valence-corrected chi connectivity index (χ2v) is 10.2. The maximum absolute atomic E-state index is 12.9. The van der Waals surface area contributed by atoms with E-state index in [0.29, 0.717) is 42.5 Å². The van der Waals surface area contributed by atoms with E-state index in [1.807, 2.05) is 34.0 Å². The molecule has 0 radical (unpaired) electrons. The fourth-order valence-electron chi connectivity index (χ4n) is 3.51. The largest absolute Gasteiger partial charge is 0.382 e.